The molecule has 0 atom stereocenters. The van der Waals surface area contributed by atoms with Crippen LogP contribution in [-0.4, -0.2) is 0 Å². The van der Waals surface area contributed by atoms with Crippen LogP contribution in [0, 0.1) is 0 Å². The number of fused-ring (bicyclic) bond motifs is 6. The second-order valence-corrected chi connectivity index (χ2v) is 9.32. The fraction of sp³-hybridized carbons (Fsp3) is 0. The lowest BCUT2D eigenvalue weighted by Crippen LogP contribution is -1.90. The monoisotopic (exact) mass is 441 g/mol. The van der Waals surface area contributed by atoms with Gasteiger partial charge < -0.3 is 9.73 Å². The van der Waals surface area contributed by atoms with Gasteiger partial charge in [0.15, 0.2) is 0 Å². The van der Waals surface area contributed by atoms with Crippen molar-refractivity contribution in [2.45, 2.75) is 0 Å². The minimum Gasteiger partial charge on any atom is -0.455 e. The average molecular weight is 442 g/mol. The van der Waals surface area contributed by atoms with Crippen LogP contribution in [0.15, 0.2) is 114 Å². The van der Waals surface area contributed by atoms with Gasteiger partial charge in [-0.3, -0.25) is 0 Å². The lowest BCUT2D eigenvalue weighted by Gasteiger charge is -2.09. The van der Waals surface area contributed by atoms with Crippen LogP contribution in [-0.2, 0) is 0 Å². The van der Waals surface area contributed by atoms with Gasteiger partial charge in [-0.1, -0.05) is 78.9 Å². The number of para-hydroxylation sites is 2. The Kier molecular flexibility index (Phi) is 4.05. The smallest absolute Gasteiger partial charge is 0.143 e. The first-order chi connectivity index (χ1) is 16.3. The molecule has 5 aromatic carbocycles. The SMILES string of the molecule is c1ccc2c(c1)oc1c(-c3ccc(Nc4cccc5c4sc4ccccc45)cc3)cccc12. The van der Waals surface area contributed by atoms with Crippen LogP contribution < -0.4 is 5.32 Å². The minimum absolute atomic E-state index is 0.926. The zero-order chi connectivity index (χ0) is 21.8. The van der Waals surface area contributed by atoms with Gasteiger partial charge in [0.25, 0.3) is 0 Å². The van der Waals surface area contributed by atoms with Crippen molar-refractivity contribution in [3.63, 3.8) is 0 Å². The van der Waals surface area contributed by atoms with Crippen molar-refractivity contribution in [3.8, 4) is 11.1 Å². The van der Waals surface area contributed by atoms with Crippen LogP contribution in [0.5, 0.6) is 0 Å². The molecular formula is C30H19NOS. The molecule has 0 aliphatic heterocycles. The van der Waals surface area contributed by atoms with Crippen LogP contribution in [0.25, 0.3) is 53.2 Å². The molecule has 0 saturated heterocycles. The Hall–Kier alpha value is -4.08. The van der Waals surface area contributed by atoms with E-state index in [0.29, 0.717) is 0 Å². The van der Waals surface area contributed by atoms with Crippen molar-refractivity contribution in [2.75, 3.05) is 5.32 Å². The molecule has 3 heteroatoms. The third-order valence-electron chi connectivity index (χ3n) is 6.28. The molecule has 1 N–H and O–H groups in total. The number of hydrogen-bond acceptors (Lipinski definition) is 3. The number of anilines is 2. The van der Waals surface area contributed by atoms with Crippen LogP contribution >= 0.6 is 11.3 Å². The lowest BCUT2D eigenvalue weighted by molar-refractivity contribution is 0.670. The van der Waals surface area contributed by atoms with E-state index in [1.807, 2.05) is 23.5 Å². The molecule has 0 spiro atoms. The van der Waals surface area contributed by atoms with Crippen molar-refractivity contribution in [3.05, 3.63) is 109 Å². The largest absolute Gasteiger partial charge is 0.455 e. The molecule has 7 aromatic rings. The number of rotatable bonds is 3. The number of benzene rings is 5. The van der Waals surface area contributed by atoms with Crippen LogP contribution in [0.2, 0.25) is 0 Å². The summed E-state index contributed by atoms with van der Waals surface area (Å²) in [5, 5.41) is 8.56. The summed E-state index contributed by atoms with van der Waals surface area (Å²) >= 11 is 1.84. The van der Waals surface area contributed by atoms with E-state index in [-0.39, 0.29) is 0 Å². The standard InChI is InChI=1S/C30H19NOS/c1-3-13-27-22(7-1)24-10-5-9-21(29(24)32-27)19-15-17-20(18-16-19)31-26-12-6-11-25-23-8-2-4-14-28(23)33-30(25)26/h1-18,31H. The van der Waals surface area contributed by atoms with E-state index in [0.717, 1.165) is 44.4 Å². The van der Waals surface area contributed by atoms with Crippen LogP contribution in [0.4, 0.5) is 11.4 Å². The first-order valence-electron chi connectivity index (χ1n) is 11.0. The Morgan fingerprint density at radius 2 is 1.30 bits per heavy atom. The minimum atomic E-state index is 0.926. The first-order valence-corrected chi connectivity index (χ1v) is 11.8. The highest BCUT2D eigenvalue weighted by atomic mass is 32.1. The predicted octanol–water partition coefficient (Wildman–Crippen LogP) is 9.36. The highest BCUT2D eigenvalue weighted by Crippen LogP contribution is 2.40. The molecule has 0 unspecified atom stereocenters. The normalized spacial score (nSPS) is 11.6. The molecule has 2 heterocycles. The molecule has 0 amide bonds. The molecule has 156 valence electrons. The van der Waals surface area contributed by atoms with Gasteiger partial charge in [0.1, 0.15) is 11.2 Å². The van der Waals surface area contributed by atoms with Crippen molar-refractivity contribution in [1.29, 1.82) is 0 Å². The average Bonchev–Trinajstić information content (AvgIpc) is 3.44. The van der Waals surface area contributed by atoms with Crippen molar-refractivity contribution in [2.24, 2.45) is 0 Å². The van der Waals surface area contributed by atoms with Gasteiger partial charge in [0, 0.05) is 37.5 Å². The molecule has 2 aromatic heterocycles. The van der Waals surface area contributed by atoms with E-state index in [2.05, 4.69) is 102 Å². The summed E-state index contributed by atoms with van der Waals surface area (Å²) in [6.07, 6.45) is 0. The molecule has 2 nitrogen and oxygen atoms in total. The van der Waals surface area contributed by atoms with Gasteiger partial charge in [-0.15, -0.1) is 11.3 Å². The van der Waals surface area contributed by atoms with Gasteiger partial charge in [0.2, 0.25) is 0 Å². The predicted molar refractivity (Wildman–Crippen MR) is 142 cm³/mol. The van der Waals surface area contributed by atoms with Crippen molar-refractivity contribution < 1.29 is 4.42 Å². The number of nitrogens with one attached hydrogen (secondary N) is 1. The third kappa shape index (κ3) is 2.94. The zero-order valence-corrected chi connectivity index (χ0v) is 18.5. The van der Waals surface area contributed by atoms with Crippen molar-refractivity contribution in [1.82, 2.24) is 0 Å². The van der Waals surface area contributed by atoms with Gasteiger partial charge in [0.05, 0.1) is 10.4 Å². The number of thiophene rings is 1. The van der Waals surface area contributed by atoms with Crippen molar-refractivity contribution >= 4 is 64.8 Å². The quantitative estimate of drug-likeness (QED) is 0.295. The van der Waals surface area contributed by atoms with E-state index in [1.165, 1.54) is 20.2 Å². The molecule has 0 aliphatic rings. The highest BCUT2D eigenvalue weighted by molar-refractivity contribution is 7.26. The van der Waals surface area contributed by atoms with E-state index in [9.17, 15) is 0 Å². The third-order valence-corrected chi connectivity index (χ3v) is 7.50. The summed E-state index contributed by atoms with van der Waals surface area (Å²) in [7, 11) is 0. The Bertz CT molecular complexity index is 1790. The summed E-state index contributed by atoms with van der Waals surface area (Å²) in [4.78, 5) is 0. The summed E-state index contributed by atoms with van der Waals surface area (Å²) in [6.45, 7) is 0. The first kappa shape index (κ1) is 18.5. The molecule has 7 rings (SSSR count). The molecule has 33 heavy (non-hydrogen) atoms. The Morgan fingerprint density at radius 1 is 0.576 bits per heavy atom. The highest BCUT2D eigenvalue weighted by Gasteiger charge is 2.12. The molecule has 0 radical (unpaired) electrons. The summed E-state index contributed by atoms with van der Waals surface area (Å²) in [5.41, 5.74) is 6.33. The fourth-order valence-corrected chi connectivity index (χ4v) is 5.88. The lowest BCUT2D eigenvalue weighted by atomic mass is 10.0. The summed E-state index contributed by atoms with van der Waals surface area (Å²) in [6, 6.07) is 38.3. The molecule has 0 fully saturated rings. The van der Waals surface area contributed by atoms with Crippen LogP contribution in [0.1, 0.15) is 0 Å². The van der Waals surface area contributed by atoms with Gasteiger partial charge in [-0.2, -0.15) is 0 Å². The van der Waals surface area contributed by atoms with Gasteiger partial charge >= 0.3 is 0 Å². The summed E-state index contributed by atoms with van der Waals surface area (Å²) in [5.74, 6) is 0. The van der Waals surface area contributed by atoms with E-state index in [1.54, 1.807) is 0 Å². The topological polar surface area (TPSA) is 25.2 Å². The Morgan fingerprint density at radius 3 is 2.21 bits per heavy atom. The maximum Gasteiger partial charge on any atom is 0.143 e. The Labute approximate surface area is 194 Å². The van der Waals surface area contributed by atoms with E-state index < -0.39 is 0 Å². The van der Waals surface area contributed by atoms with Crippen LogP contribution in [0.3, 0.4) is 0 Å². The van der Waals surface area contributed by atoms with E-state index in [4.69, 9.17) is 4.42 Å². The zero-order valence-electron chi connectivity index (χ0n) is 17.7. The molecule has 0 aliphatic carbocycles. The number of hydrogen-bond donors (Lipinski definition) is 1. The molecule has 0 bridgehead atoms. The maximum absolute atomic E-state index is 6.23. The van der Waals surface area contributed by atoms with Gasteiger partial charge in [-0.05, 0) is 35.9 Å². The number of furan rings is 1. The van der Waals surface area contributed by atoms with Gasteiger partial charge in [-0.25, -0.2) is 0 Å². The second kappa shape index (κ2) is 7.22. The van der Waals surface area contributed by atoms with E-state index >= 15 is 0 Å². The maximum atomic E-state index is 6.23. The second-order valence-electron chi connectivity index (χ2n) is 8.26. The molecular weight excluding hydrogens is 422 g/mol. The Balaban J connectivity index is 1.27. The fourth-order valence-electron chi connectivity index (χ4n) is 4.71. The molecule has 0 saturated carbocycles. The summed E-state index contributed by atoms with van der Waals surface area (Å²) < 4.78 is 8.83.